The van der Waals surface area contributed by atoms with Crippen molar-refractivity contribution in [3.05, 3.63) is 96.0 Å². The third kappa shape index (κ3) is 1.89. The van der Waals surface area contributed by atoms with Crippen molar-refractivity contribution < 1.29 is 0 Å². The first-order chi connectivity index (χ1) is 16.8. The standard InChI is InChI=1S/C30H15ClN2S/c31-16-11-12-21-20(15-16)17-6-3-8-23-29(17)32(21)24-9-4-7-19-27-22(33(23)30(19)24)13-14-26-28(27)18-5-1-2-10-25(18)34-26/h1-15H. The van der Waals surface area contributed by atoms with Crippen molar-refractivity contribution >= 4 is 97.8 Å². The molecule has 2 nitrogen and oxygen atoms in total. The Hall–Kier alpha value is -3.79. The first-order valence-corrected chi connectivity index (χ1v) is 12.6. The second-order valence-electron chi connectivity index (χ2n) is 9.11. The second kappa shape index (κ2) is 5.82. The van der Waals surface area contributed by atoms with Gasteiger partial charge >= 0.3 is 0 Å². The first-order valence-electron chi connectivity index (χ1n) is 11.4. The van der Waals surface area contributed by atoms with Crippen molar-refractivity contribution in [1.29, 1.82) is 0 Å². The molecule has 0 N–H and O–H groups in total. The van der Waals surface area contributed by atoms with Crippen LogP contribution in [-0.2, 0) is 0 Å². The molecule has 0 aliphatic carbocycles. The molecule has 158 valence electrons. The minimum atomic E-state index is 0.770. The van der Waals surface area contributed by atoms with Gasteiger partial charge in [0, 0.05) is 46.7 Å². The van der Waals surface area contributed by atoms with E-state index in [4.69, 9.17) is 11.6 Å². The van der Waals surface area contributed by atoms with Crippen LogP contribution in [0.4, 0.5) is 0 Å². The van der Waals surface area contributed by atoms with Gasteiger partial charge < -0.3 is 8.80 Å². The highest BCUT2D eigenvalue weighted by atomic mass is 35.5. The van der Waals surface area contributed by atoms with Gasteiger partial charge in [0.05, 0.1) is 33.1 Å². The number of hydrogen-bond acceptors (Lipinski definition) is 1. The summed E-state index contributed by atoms with van der Waals surface area (Å²) in [5.74, 6) is 0. The number of para-hydroxylation sites is 2. The lowest BCUT2D eigenvalue weighted by molar-refractivity contribution is 1.26. The van der Waals surface area contributed by atoms with E-state index in [0.717, 1.165) is 5.02 Å². The van der Waals surface area contributed by atoms with Gasteiger partial charge in [-0.1, -0.05) is 54.1 Å². The Balaban J connectivity index is 1.68. The van der Waals surface area contributed by atoms with Gasteiger partial charge in [0.15, 0.2) is 0 Å². The summed E-state index contributed by atoms with van der Waals surface area (Å²) in [6, 6.07) is 33.0. The third-order valence-electron chi connectivity index (χ3n) is 7.48. The van der Waals surface area contributed by atoms with Crippen LogP contribution in [0.5, 0.6) is 0 Å². The average molecular weight is 471 g/mol. The van der Waals surface area contributed by atoms with E-state index < -0.39 is 0 Å². The molecule has 5 aromatic carbocycles. The Bertz CT molecular complexity index is 2300. The van der Waals surface area contributed by atoms with Crippen molar-refractivity contribution in [3.63, 3.8) is 0 Å². The fraction of sp³-hybridized carbons (Fsp3) is 0. The lowest BCUT2D eigenvalue weighted by atomic mass is 10.1. The molecule has 34 heavy (non-hydrogen) atoms. The number of nitrogens with zero attached hydrogens (tertiary/aromatic N) is 2. The Labute approximate surface area is 202 Å². The summed E-state index contributed by atoms with van der Waals surface area (Å²) in [6.07, 6.45) is 0. The molecular weight excluding hydrogens is 456 g/mol. The first kappa shape index (κ1) is 17.7. The molecular formula is C30H15ClN2S. The number of rotatable bonds is 0. The van der Waals surface area contributed by atoms with Gasteiger partial charge in [-0.3, -0.25) is 0 Å². The average Bonchev–Trinajstić information content (AvgIpc) is 3.51. The summed E-state index contributed by atoms with van der Waals surface area (Å²) in [5, 5.41) is 8.57. The predicted octanol–water partition coefficient (Wildman–Crippen LogP) is 9.26. The van der Waals surface area contributed by atoms with E-state index in [1.54, 1.807) is 0 Å². The monoisotopic (exact) mass is 470 g/mol. The summed E-state index contributed by atoms with van der Waals surface area (Å²) < 4.78 is 7.60. The minimum absolute atomic E-state index is 0.770. The summed E-state index contributed by atoms with van der Waals surface area (Å²) in [6.45, 7) is 0. The molecule has 0 aliphatic heterocycles. The second-order valence-corrected chi connectivity index (χ2v) is 10.6. The largest absolute Gasteiger partial charge is 0.305 e. The molecule has 0 spiro atoms. The highest BCUT2D eigenvalue weighted by molar-refractivity contribution is 7.26. The smallest absolute Gasteiger partial charge is 0.0783 e. The molecule has 0 fully saturated rings. The molecule has 4 heterocycles. The van der Waals surface area contributed by atoms with E-state index in [9.17, 15) is 0 Å². The van der Waals surface area contributed by atoms with Crippen molar-refractivity contribution in [2.24, 2.45) is 0 Å². The molecule has 4 aromatic heterocycles. The third-order valence-corrected chi connectivity index (χ3v) is 8.85. The van der Waals surface area contributed by atoms with E-state index >= 15 is 0 Å². The molecule has 0 unspecified atom stereocenters. The highest BCUT2D eigenvalue weighted by Gasteiger charge is 2.22. The fourth-order valence-corrected chi connectivity index (χ4v) is 7.52. The van der Waals surface area contributed by atoms with Crippen molar-refractivity contribution in [1.82, 2.24) is 8.80 Å². The normalized spacial score (nSPS) is 12.9. The van der Waals surface area contributed by atoms with Crippen molar-refractivity contribution in [2.45, 2.75) is 0 Å². The quantitative estimate of drug-likeness (QED) is 0.195. The van der Waals surface area contributed by atoms with E-state index in [2.05, 4.69) is 93.7 Å². The number of hydrogen-bond donors (Lipinski definition) is 0. The number of aromatic nitrogens is 2. The lowest BCUT2D eigenvalue weighted by Gasteiger charge is -2.11. The van der Waals surface area contributed by atoms with Crippen molar-refractivity contribution in [2.75, 3.05) is 0 Å². The maximum atomic E-state index is 6.43. The van der Waals surface area contributed by atoms with Crippen molar-refractivity contribution in [3.8, 4) is 0 Å². The van der Waals surface area contributed by atoms with Crippen LogP contribution in [0.25, 0.3) is 74.8 Å². The molecule has 0 bridgehead atoms. The number of halogens is 1. The fourth-order valence-electron chi connectivity index (χ4n) is 6.24. The Morgan fingerprint density at radius 3 is 2.09 bits per heavy atom. The number of benzene rings is 5. The van der Waals surface area contributed by atoms with Crippen LogP contribution in [-0.4, -0.2) is 8.80 Å². The summed E-state index contributed by atoms with van der Waals surface area (Å²) in [5.41, 5.74) is 7.42. The maximum Gasteiger partial charge on any atom is 0.0783 e. The molecule has 0 saturated carbocycles. The van der Waals surface area contributed by atoms with Crippen LogP contribution in [0.3, 0.4) is 0 Å². The minimum Gasteiger partial charge on any atom is -0.305 e. The zero-order valence-electron chi connectivity index (χ0n) is 17.8. The SMILES string of the molecule is Clc1ccc2c(c1)c1cccc3c1n2c1cccc2c4c5c(ccc4n3c21)sc1ccccc15. The van der Waals surface area contributed by atoms with Gasteiger partial charge in [0.1, 0.15) is 0 Å². The van der Waals surface area contributed by atoms with Crippen LogP contribution in [0.15, 0.2) is 91.0 Å². The molecule has 0 saturated heterocycles. The van der Waals surface area contributed by atoms with Crippen LogP contribution in [0, 0.1) is 0 Å². The van der Waals surface area contributed by atoms with Gasteiger partial charge in [0.25, 0.3) is 0 Å². The number of thiophene rings is 1. The Kier molecular flexibility index (Phi) is 3.02. The van der Waals surface area contributed by atoms with Crippen LogP contribution >= 0.6 is 22.9 Å². The van der Waals surface area contributed by atoms with Crippen LogP contribution in [0.2, 0.25) is 5.02 Å². The number of fused-ring (bicyclic) bond motifs is 12. The Morgan fingerprint density at radius 2 is 1.21 bits per heavy atom. The van der Waals surface area contributed by atoms with Gasteiger partial charge in [0.2, 0.25) is 0 Å². The van der Waals surface area contributed by atoms with Gasteiger partial charge in [-0.2, -0.15) is 0 Å². The van der Waals surface area contributed by atoms with E-state index in [-0.39, 0.29) is 0 Å². The molecule has 9 aromatic rings. The molecule has 4 heteroatoms. The highest BCUT2D eigenvalue weighted by Crippen LogP contribution is 2.45. The molecule has 0 radical (unpaired) electrons. The Morgan fingerprint density at radius 1 is 0.500 bits per heavy atom. The maximum absolute atomic E-state index is 6.43. The lowest BCUT2D eigenvalue weighted by Crippen LogP contribution is -1.96. The molecule has 0 atom stereocenters. The van der Waals surface area contributed by atoms with Crippen LogP contribution in [0.1, 0.15) is 0 Å². The van der Waals surface area contributed by atoms with Crippen LogP contribution < -0.4 is 0 Å². The molecule has 0 aliphatic rings. The van der Waals surface area contributed by atoms with Gasteiger partial charge in [-0.05, 0) is 48.5 Å². The molecule has 9 rings (SSSR count). The van der Waals surface area contributed by atoms with E-state index in [0.29, 0.717) is 0 Å². The van der Waals surface area contributed by atoms with E-state index in [1.807, 2.05) is 17.4 Å². The predicted molar refractivity (Wildman–Crippen MR) is 147 cm³/mol. The van der Waals surface area contributed by atoms with Gasteiger partial charge in [-0.15, -0.1) is 11.3 Å². The topological polar surface area (TPSA) is 8.82 Å². The summed E-state index contributed by atoms with van der Waals surface area (Å²) in [7, 11) is 0. The zero-order chi connectivity index (χ0) is 22.1. The summed E-state index contributed by atoms with van der Waals surface area (Å²) in [4.78, 5) is 0. The van der Waals surface area contributed by atoms with E-state index in [1.165, 1.54) is 74.8 Å². The molecule has 0 amide bonds. The summed E-state index contributed by atoms with van der Waals surface area (Å²) >= 11 is 8.31. The zero-order valence-corrected chi connectivity index (χ0v) is 19.4. The van der Waals surface area contributed by atoms with Gasteiger partial charge in [-0.25, -0.2) is 0 Å².